The van der Waals surface area contributed by atoms with Crippen LogP contribution in [-0.4, -0.2) is 66.8 Å². The van der Waals surface area contributed by atoms with E-state index in [0.29, 0.717) is 33.3 Å². The normalized spacial score (nSPS) is 10.1. The highest BCUT2D eigenvalue weighted by Gasteiger charge is 2.17. The summed E-state index contributed by atoms with van der Waals surface area (Å²) < 4.78 is 31.1. The quantitative estimate of drug-likeness (QED) is 0.0481. The molecule has 0 unspecified atom stereocenters. The third-order valence-corrected chi connectivity index (χ3v) is 6.72. The number of carboxylic acid groups (broad SMARTS) is 1. The molecule has 16 nitrogen and oxygen atoms in total. The summed E-state index contributed by atoms with van der Waals surface area (Å²) in [6, 6.07) is 19.0. The largest absolute Gasteiger partial charge is 0.481 e. The number of alkyl halides is 2. The highest BCUT2D eigenvalue weighted by Crippen LogP contribution is 2.32. The van der Waals surface area contributed by atoms with Crippen molar-refractivity contribution >= 4 is 56.7 Å². The summed E-state index contributed by atoms with van der Waals surface area (Å²) >= 11 is 5.45. The van der Waals surface area contributed by atoms with Crippen LogP contribution in [0, 0.1) is 20.2 Å². The highest BCUT2D eigenvalue weighted by molar-refractivity contribution is 6.17. The fourth-order valence-electron chi connectivity index (χ4n) is 4.43. The van der Waals surface area contributed by atoms with Crippen LogP contribution >= 0.6 is 11.6 Å². The van der Waals surface area contributed by atoms with E-state index < -0.39 is 28.9 Å². The number of halogens is 2. The van der Waals surface area contributed by atoms with E-state index in [1.165, 1.54) is 30.5 Å². The summed E-state index contributed by atoms with van der Waals surface area (Å²) in [5.74, 6) is -0.549. The van der Waals surface area contributed by atoms with Crippen LogP contribution in [0.2, 0.25) is 0 Å². The Labute approximate surface area is 306 Å². The summed E-state index contributed by atoms with van der Waals surface area (Å²) in [6.45, 7) is -0.317. The molecule has 0 saturated heterocycles. The average molecular weight is 750 g/mol. The lowest BCUT2D eigenvalue weighted by Gasteiger charge is -2.09. The monoisotopic (exact) mass is 749 g/mol. The molecule has 0 aliphatic rings. The van der Waals surface area contributed by atoms with E-state index in [2.05, 4.69) is 19.9 Å². The van der Waals surface area contributed by atoms with Gasteiger partial charge in [0.2, 0.25) is 6.79 Å². The number of carbonyl (C=O) groups excluding carboxylic acids is 1. The van der Waals surface area contributed by atoms with Gasteiger partial charge in [0, 0.05) is 49.3 Å². The molecular formula is C35H30ClFN6O10. The number of carboxylic acids is 1. The van der Waals surface area contributed by atoms with Crippen molar-refractivity contribution < 1.29 is 44.5 Å². The zero-order valence-corrected chi connectivity index (χ0v) is 28.2. The Kier molecular flexibility index (Phi) is 15.7. The molecule has 0 saturated carbocycles. The van der Waals surface area contributed by atoms with Crippen molar-refractivity contribution in [2.24, 2.45) is 0 Å². The number of aromatic nitrogens is 4. The number of ether oxygens (including phenoxy) is 3. The lowest BCUT2D eigenvalue weighted by molar-refractivity contribution is -0.383. The Morgan fingerprint density at radius 1 is 0.774 bits per heavy atom. The number of nitro benzene ring substituents is 2. The molecule has 0 aliphatic heterocycles. The maximum absolute atomic E-state index is 11.8. The number of nitro groups is 2. The number of nitrogens with zero attached hydrogens (tertiary/aromatic N) is 6. The predicted molar refractivity (Wildman–Crippen MR) is 190 cm³/mol. The molecule has 18 heteroatoms. The van der Waals surface area contributed by atoms with Crippen LogP contribution in [0.25, 0.3) is 21.8 Å². The first kappa shape index (κ1) is 38.9. The van der Waals surface area contributed by atoms with Crippen molar-refractivity contribution in [1.82, 2.24) is 19.9 Å². The van der Waals surface area contributed by atoms with Gasteiger partial charge in [0.05, 0.1) is 42.0 Å². The Bertz CT molecular complexity index is 2160. The molecule has 4 aromatic heterocycles. The van der Waals surface area contributed by atoms with Gasteiger partial charge in [0.1, 0.15) is 22.5 Å². The molecule has 0 spiro atoms. The second-order valence-electron chi connectivity index (χ2n) is 9.98. The molecule has 2 aromatic carbocycles. The number of fused-ring (bicyclic) bond motifs is 2. The third kappa shape index (κ3) is 12.4. The molecule has 0 amide bonds. The summed E-state index contributed by atoms with van der Waals surface area (Å²) in [6.07, 6.45) is 9.55. The van der Waals surface area contributed by atoms with Crippen molar-refractivity contribution in [1.29, 1.82) is 0 Å². The molecule has 0 atom stereocenters. The number of hydrogen-bond donors (Lipinski definition) is 1. The van der Waals surface area contributed by atoms with Gasteiger partial charge < -0.3 is 19.3 Å². The van der Waals surface area contributed by atoms with Gasteiger partial charge >= 0.3 is 11.9 Å². The molecule has 0 fully saturated rings. The van der Waals surface area contributed by atoms with Crippen molar-refractivity contribution in [2.75, 3.05) is 20.0 Å². The van der Waals surface area contributed by atoms with E-state index in [4.69, 9.17) is 32.3 Å². The fraction of sp³-hybridized carbons (Fsp3) is 0.143. The van der Waals surface area contributed by atoms with Crippen LogP contribution in [0.3, 0.4) is 0 Å². The van der Waals surface area contributed by atoms with Gasteiger partial charge in [-0.25, -0.2) is 0 Å². The second kappa shape index (κ2) is 21.4. The number of rotatable bonds is 11. The summed E-state index contributed by atoms with van der Waals surface area (Å²) in [7, 11) is -1.00. The first-order valence-corrected chi connectivity index (χ1v) is 15.5. The Balaban J connectivity index is 0.000000230. The van der Waals surface area contributed by atoms with Crippen LogP contribution in [0.4, 0.5) is 15.8 Å². The fourth-order valence-corrected chi connectivity index (χ4v) is 4.55. The Morgan fingerprint density at radius 2 is 1.25 bits per heavy atom. The average Bonchev–Trinajstić information content (AvgIpc) is 3.16. The van der Waals surface area contributed by atoms with E-state index in [9.17, 15) is 34.2 Å². The van der Waals surface area contributed by atoms with E-state index in [0.717, 1.165) is 11.1 Å². The van der Waals surface area contributed by atoms with Crippen molar-refractivity contribution in [3.05, 3.63) is 141 Å². The predicted octanol–water partition coefficient (Wildman–Crippen LogP) is 6.67. The molecule has 6 rings (SSSR count). The lowest BCUT2D eigenvalue weighted by atomic mass is 10.1. The number of pyridine rings is 4. The first-order valence-electron chi connectivity index (χ1n) is 15.7. The number of aliphatic carboxylic acids is 1. The molecule has 1 N–H and O–H groups in total. The smallest absolute Gasteiger partial charge is 0.313 e. The van der Waals surface area contributed by atoms with Gasteiger partial charge in [-0.2, -0.15) is 0 Å². The van der Waals surface area contributed by atoms with E-state index in [-0.39, 0.29) is 37.1 Å². The number of hydrogen-bond acceptors (Lipinski definition) is 13. The maximum atomic E-state index is 11.8. The SMILES string of the molecule is O=C(Cc1cccnc1)OCOc1ccc([N+](=O)[O-])c2cccnc12.O=C(O)Cc1cccnc1.O=[N+]([O-])c1ccc(OCCl)c2ncccc12.[2H]CF. The van der Waals surface area contributed by atoms with Gasteiger partial charge in [-0.05, 0) is 59.7 Å². The minimum atomic E-state index is -1.00. The molecule has 0 aliphatic carbocycles. The molecule has 6 aromatic rings. The van der Waals surface area contributed by atoms with Crippen molar-refractivity contribution in [3.63, 3.8) is 0 Å². The summed E-state index contributed by atoms with van der Waals surface area (Å²) in [4.78, 5) is 58.7. The lowest BCUT2D eigenvalue weighted by Crippen LogP contribution is -2.13. The van der Waals surface area contributed by atoms with Crippen molar-refractivity contribution in [2.45, 2.75) is 12.8 Å². The van der Waals surface area contributed by atoms with Crippen LogP contribution in [0.5, 0.6) is 11.5 Å². The molecule has 0 radical (unpaired) electrons. The van der Waals surface area contributed by atoms with E-state index >= 15 is 0 Å². The Hall–Kier alpha value is -6.88. The number of esters is 1. The number of benzene rings is 2. The first-order chi connectivity index (χ1) is 26.1. The number of non-ortho nitro benzene ring substituents is 2. The zero-order valence-electron chi connectivity index (χ0n) is 28.5. The molecule has 53 heavy (non-hydrogen) atoms. The van der Waals surface area contributed by atoms with Gasteiger partial charge in [0.25, 0.3) is 11.4 Å². The minimum absolute atomic E-state index is 0.00465. The van der Waals surface area contributed by atoms with Gasteiger partial charge in [-0.3, -0.25) is 54.1 Å². The second-order valence-corrected chi connectivity index (χ2v) is 10.2. The van der Waals surface area contributed by atoms with Gasteiger partial charge in [-0.15, -0.1) is 0 Å². The van der Waals surface area contributed by atoms with Crippen LogP contribution in [-0.2, 0) is 27.2 Å². The van der Waals surface area contributed by atoms with E-state index in [1.807, 2.05) is 0 Å². The molecule has 274 valence electrons. The molecular weight excluding hydrogens is 719 g/mol. The molecule has 0 bridgehead atoms. The van der Waals surface area contributed by atoms with E-state index in [1.54, 1.807) is 79.5 Å². The Morgan fingerprint density at radius 3 is 1.68 bits per heavy atom. The van der Waals surface area contributed by atoms with Crippen LogP contribution in [0.15, 0.2) is 110 Å². The van der Waals surface area contributed by atoms with Crippen LogP contribution in [0.1, 0.15) is 12.5 Å². The van der Waals surface area contributed by atoms with Crippen LogP contribution < -0.4 is 9.47 Å². The minimum Gasteiger partial charge on any atom is -0.481 e. The summed E-state index contributed by atoms with van der Waals surface area (Å²) in [5, 5.41) is 31.0. The van der Waals surface area contributed by atoms with Crippen molar-refractivity contribution in [3.8, 4) is 11.5 Å². The number of carbonyl (C=O) groups is 2. The van der Waals surface area contributed by atoms with Gasteiger partial charge in [0.15, 0.2) is 6.07 Å². The molecule has 4 heterocycles. The zero-order chi connectivity index (χ0) is 39.3. The maximum Gasteiger partial charge on any atom is 0.313 e. The van der Waals surface area contributed by atoms with Gasteiger partial charge in [-0.1, -0.05) is 23.7 Å². The third-order valence-electron chi connectivity index (χ3n) is 6.61. The highest BCUT2D eigenvalue weighted by atomic mass is 35.5. The summed E-state index contributed by atoms with van der Waals surface area (Å²) in [5.41, 5.74) is 2.18. The topological polar surface area (TPSA) is 220 Å². The standard InChI is InChI=1S/C17H13N3O5.C10H7ClN2O3.C7H7NO2.CH3F/c21-16(9-12-3-1-7-18-10-12)25-11-24-15-6-5-14(20(22)23)13-4-2-8-19-17(13)15;11-6-16-9-4-3-8(13(14)15)7-2-1-5-12-10(7)9;9-7(10)4-6-2-1-3-8-5-6;1-2/h1-8,10H,9,11H2;1-5H,6H2;1-3,5H,4H2,(H,9,10);1H3/i;;;1D.